The van der Waals surface area contributed by atoms with Crippen LogP contribution in [0.25, 0.3) is 11.1 Å². The number of fused-ring (bicyclic) bond motifs is 2. The highest BCUT2D eigenvalue weighted by Crippen LogP contribution is 2.42. The summed E-state index contributed by atoms with van der Waals surface area (Å²) in [6, 6.07) is 36.8. The third-order valence-corrected chi connectivity index (χ3v) is 13.8. The van der Waals surface area contributed by atoms with Crippen LogP contribution in [0.5, 0.6) is 23.0 Å². The summed E-state index contributed by atoms with van der Waals surface area (Å²) in [6.07, 6.45) is -0.442. The summed E-state index contributed by atoms with van der Waals surface area (Å²) in [6.45, 7) is 0.301. The van der Waals surface area contributed by atoms with Crippen LogP contribution in [-0.2, 0) is 50.3 Å². The molecule has 0 aromatic heterocycles. The molecule has 12 nitrogen and oxygen atoms in total. The zero-order valence-corrected chi connectivity index (χ0v) is 37.0. The van der Waals surface area contributed by atoms with Crippen LogP contribution < -0.4 is 24.3 Å². The number of amides is 1. The van der Waals surface area contributed by atoms with Crippen LogP contribution in [0.4, 0.5) is 0 Å². The number of para-hydroxylation sites is 1. The molecule has 0 radical (unpaired) electrons. The Morgan fingerprint density at radius 2 is 1.53 bits per heavy atom. The lowest BCUT2D eigenvalue weighted by molar-refractivity contribution is -0.145. The molecule has 1 N–H and O–H groups in total. The van der Waals surface area contributed by atoms with Crippen molar-refractivity contribution in [1.82, 2.24) is 9.62 Å². The van der Waals surface area contributed by atoms with E-state index < -0.39 is 40.1 Å². The van der Waals surface area contributed by atoms with E-state index in [1.165, 1.54) is 26.4 Å². The molecule has 0 fully saturated rings. The van der Waals surface area contributed by atoms with Crippen LogP contribution >= 0.6 is 23.2 Å². The molecular formula is C49H41Cl2N3O9S. The van der Waals surface area contributed by atoms with Crippen molar-refractivity contribution >= 4 is 45.1 Å². The number of ether oxygens (including phenoxy) is 5. The lowest BCUT2D eigenvalue weighted by atomic mass is 9.93. The molecule has 3 unspecified atom stereocenters. The first-order valence-corrected chi connectivity index (χ1v) is 22.4. The van der Waals surface area contributed by atoms with E-state index in [2.05, 4.69) is 11.4 Å². The number of halogens is 2. The number of rotatable bonds is 13. The summed E-state index contributed by atoms with van der Waals surface area (Å²) in [5.74, 6) is 0.244. The number of carbonyl (C=O) groups excluding carboxylic acids is 2. The predicted molar refractivity (Wildman–Crippen MR) is 240 cm³/mol. The molecule has 2 aliphatic rings. The SMILES string of the molecule is COC(=O)C(Cc1ccc(-c2ccc(C#N)cc2)cc1)NC(=O)C1Cc2cc3c(cc2CN1S(=O)(=O)c1ccccc1OC)OC(c1ccc(OCc2ccc(Cl)c(Cl)c2)cc1)CO3. The van der Waals surface area contributed by atoms with E-state index in [-0.39, 0.29) is 36.6 Å². The van der Waals surface area contributed by atoms with E-state index in [9.17, 15) is 18.0 Å². The van der Waals surface area contributed by atoms with Crippen molar-refractivity contribution in [2.24, 2.45) is 0 Å². The standard InChI is InChI=1S/C49H41Cl2N3O9S/c1-59-43-5-3-4-6-47(43)64(57,58)54-27-37-25-45-44(62-29-46(63-45)35-16-18-38(19-17-35)61-28-32-11-20-39(50)40(51)21-32)24-36(37)23-42(54)48(55)53-41(49(56)60-2)22-30-7-12-33(13-8-30)34-14-9-31(26-52)10-15-34/h3-21,24-25,41-42,46H,22-23,27-29H2,1-2H3,(H,53,55). The molecule has 15 heteroatoms. The molecule has 3 atom stereocenters. The fraction of sp³-hybridized carbons (Fsp3) is 0.204. The van der Waals surface area contributed by atoms with Crippen LogP contribution in [0, 0.1) is 11.3 Å². The number of esters is 1. The lowest BCUT2D eigenvalue weighted by Gasteiger charge is -2.37. The highest BCUT2D eigenvalue weighted by Gasteiger charge is 2.43. The first-order valence-electron chi connectivity index (χ1n) is 20.2. The number of hydrogen-bond donors (Lipinski definition) is 1. The molecular weight excluding hydrogens is 878 g/mol. The van der Waals surface area contributed by atoms with Crippen molar-refractivity contribution in [2.75, 3.05) is 20.8 Å². The second kappa shape index (κ2) is 19.0. The van der Waals surface area contributed by atoms with Crippen molar-refractivity contribution < 1.29 is 41.7 Å². The average Bonchev–Trinajstić information content (AvgIpc) is 3.33. The molecule has 1 amide bonds. The number of hydrogen-bond acceptors (Lipinski definition) is 10. The monoisotopic (exact) mass is 917 g/mol. The fourth-order valence-corrected chi connectivity index (χ4v) is 9.75. The molecule has 6 aromatic carbocycles. The molecule has 0 saturated heterocycles. The van der Waals surface area contributed by atoms with Gasteiger partial charge in [-0.3, -0.25) is 4.79 Å². The zero-order valence-electron chi connectivity index (χ0n) is 34.6. The maximum absolute atomic E-state index is 14.6. The van der Waals surface area contributed by atoms with Crippen LogP contribution in [-0.4, -0.2) is 57.5 Å². The number of carbonyl (C=O) groups is 2. The minimum absolute atomic E-state index is 0.0352. The molecule has 0 saturated carbocycles. The van der Waals surface area contributed by atoms with Crippen molar-refractivity contribution in [1.29, 1.82) is 5.26 Å². The summed E-state index contributed by atoms with van der Waals surface area (Å²) >= 11 is 12.2. The van der Waals surface area contributed by atoms with Crippen LogP contribution in [0.2, 0.25) is 10.0 Å². The van der Waals surface area contributed by atoms with Gasteiger partial charge in [0.05, 0.1) is 35.9 Å². The number of nitriles is 1. The molecule has 2 heterocycles. The molecule has 64 heavy (non-hydrogen) atoms. The third kappa shape index (κ3) is 9.51. The second-order valence-corrected chi connectivity index (χ2v) is 17.9. The van der Waals surface area contributed by atoms with Gasteiger partial charge in [-0.2, -0.15) is 9.57 Å². The highest BCUT2D eigenvalue weighted by molar-refractivity contribution is 7.89. The van der Waals surface area contributed by atoms with Gasteiger partial charge in [0, 0.05) is 13.0 Å². The third-order valence-electron chi connectivity index (χ3n) is 11.2. The van der Waals surface area contributed by atoms with Crippen LogP contribution in [0.15, 0.2) is 132 Å². The number of nitrogens with one attached hydrogen (secondary N) is 1. The van der Waals surface area contributed by atoms with Gasteiger partial charge in [-0.25, -0.2) is 13.2 Å². The minimum Gasteiger partial charge on any atom is -0.495 e. The van der Waals surface area contributed by atoms with E-state index in [1.807, 2.05) is 66.7 Å². The molecule has 0 bridgehead atoms. The first-order chi connectivity index (χ1) is 30.9. The maximum atomic E-state index is 14.6. The molecule has 0 aliphatic carbocycles. The molecule has 2 aliphatic heterocycles. The Morgan fingerprint density at radius 3 is 2.22 bits per heavy atom. The van der Waals surface area contributed by atoms with Crippen molar-refractivity contribution in [3.63, 3.8) is 0 Å². The Bertz CT molecular complexity index is 2850. The second-order valence-electron chi connectivity index (χ2n) is 15.2. The van der Waals surface area contributed by atoms with E-state index in [0.717, 1.165) is 32.1 Å². The Hall–Kier alpha value is -6.56. The van der Waals surface area contributed by atoms with E-state index in [4.69, 9.17) is 52.1 Å². The van der Waals surface area contributed by atoms with Gasteiger partial charge in [-0.15, -0.1) is 0 Å². The minimum atomic E-state index is -4.39. The van der Waals surface area contributed by atoms with Gasteiger partial charge in [0.1, 0.15) is 41.7 Å². The summed E-state index contributed by atoms with van der Waals surface area (Å²) in [5, 5.41) is 12.9. The Morgan fingerprint density at radius 1 is 0.844 bits per heavy atom. The topological polar surface area (TPSA) is 153 Å². The number of nitrogens with zero attached hydrogens (tertiary/aromatic N) is 2. The Balaban J connectivity index is 1.03. The molecule has 326 valence electrons. The Labute approximate surface area is 380 Å². The highest BCUT2D eigenvalue weighted by atomic mass is 35.5. The van der Waals surface area contributed by atoms with Gasteiger partial charge in [0.2, 0.25) is 15.9 Å². The van der Waals surface area contributed by atoms with Crippen molar-refractivity contribution in [2.45, 2.75) is 49.1 Å². The van der Waals surface area contributed by atoms with Gasteiger partial charge in [0.25, 0.3) is 0 Å². The predicted octanol–water partition coefficient (Wildman–Crippen LogP) is 8.65. The summed E-state index contributed by atoms with van der Waals surface area (Å²) in [5.41, 5.74) is 6.09. The van der Waals surface area contributed by atoms with E-state index >= 15 is 0 Å². The molecule has 6 aromatic rings. The van der Waals surface area contributed by atoms with Gasteiger partial charge in [-0.05, 0) is 106 Å². The van der Waals surface area contributed by atoms with Gasteiger partial charge >= 0.3 is 5.97 Å². The summed E-state index contributed by atoms with van der Waals surface area (Å²) in [4.78, 5) is 27.6. The average molecular weight is 919 g/mol. The summed E-state index contributed by atoms with van der Waals surface area (Å²) < 4.78 is 59.6. The van der Waals surface area contributed by atoms with Crippen molar-refractivity contribution in [3.8, 4) is 40.2 Å². The first kappa shape index (κ1) is 44.1. The van der Waals surface area contributed by atoms with Crippen molar-refractivity contribution in [3.05, 3.63) is 171 Å². The van der Waals surface area contributed by atoms with Gasteiger partial charge < -0.3 is 29.0 Å². The van der Waals surface area contributed by atoms with Crippen LogP contribution in [0.3, 0.4) is 0 Å². The van der Waals surface area contributed by atoms with E-state index in [0.29, 0.717) is 50.6 Å². The quantitative estimate of drug-likeness (QED) is 0.111. The summed E-state index contributed by atoms with van der Waals surface area (Å²) in [7, 11) is -1.78. The van der Waals surface area contributed by atoms with Gasteiger partial charge in [0.15, 0.2) is 17.6 Å². The number of benzene rings is 6. The lowest BCUT2D eigenvalue weighted by Crippen LogP contribution is -2.56. The Kier molecular flexibility index (Phi) is 13.1. The number of methoxy groups -OCH3 is 2. The number of sulfonamides is 1. The van der Waals surface area contributed by atoms with Crippen LogP contribution in [0.1, 0.15) is 39.5 Å². The zero-order chi connectivity index (χ0) is 45.0. The maximum Gasteiger partial charge on any atom is 0.328 e. The largest absolute Gasteiger partial charge is 0.495 e. The smallest absolute Gasteiger partial charge is 0.328 e. The van der Waals surface area contributed by atoms with Gasteiger partial charge in [-0.1, -0.05) is 89.9 Å². The fourth-order valence-electron chi connectivity index (χ4n) is 7.71. The van der Waals surface area contributed by atoms with E-state index in [1.54, 1.807) is 48.5 Å². The molecule has 0 spiro atoms. The molecule has 8 rings (SSSR count). The normalized spacial score (nSPS) is 16.1.